The van der Waals surface area contributed by atoms with Gasteiger partial charge in [-0.25, -0.2) is 0 Å². The van der Waals surface area contributed by atoms with Crippen molar-refractivity contribution in [1.82, 2.24) is 0 Å². The quantitative estimate of drug-likeness (QED) is 0.448. The molecule has 1 nitrogen and oxygen atoms in total. The zero-order valence-corrected chi connectivity index (χ0v) is 12.1. The third kappa shape index (κ3) is 2.76. The van der Waals surface area contributed by atoms with E-state index < -0.39 is 13.7 Å². The Morgan fingerprint density at radius 1 is 1.44 bits per heavy atom. The molecule has 0 unspecified atom stereocenters. The highest BCUT2D eigenvalue weighted by molar-refractivity contribution is 6.83. The summed E-state index contributed by atoms with van der Waals surface area (Å²) >= 11 is 0. The second-order valence-corrected chi connectivity index (χ2v) is 10.8. The highest BCUT2D eigenvalue weighted by Crippen LogP contribution is 2.36. The van der Waals surface area contributed by atoms with Crippen molar-refractivity contribution in [3.63, 3.8) is 0 Å². The molecule has 1 aliphatic carbocycles. The molecule has 1 N–H and O–H groups in total. The van der Waals surface area contributed by atoms with E-state index in [-0.39, 0.29) is 0 Å². The molecule has 1 atom stereocenters. The normalized spacial score (nSPS) is 20.7. The second kappa shape index (κ2) is 4.75. The van der Waals surface area contributed by atoms with Crippen molar-refractivity contribution in [3.8, 4) is 0 Å². The lowest BCUT2D eigenvalue weighted by atomic mass is 9.86. The molecule has 90 valence electrons. The molecule has 1 aliphatic rings. The maximum absolute atomic E-state index is 10.8. The van der Waals surface area contributed by atoms with E-state index in [2.05, 4.69) is 38.0 Å². The topological polar surface area (TPSA) is 20.2 Å². The summed E-state index contributed by atoms with van der Waals surface area (Å²) < 4.78 is 0. The zero-order valence-electron chi connectivity index (χ0n) is 11.1. The summed E-state index contributed by atoms with van der Waals surface area (Å²) in [4.78, 5) is 0. The highest BCUT2D eigenvalue weighted by Gasteiger charge is 2.37. The minimum absolute atomic E-state index is 0.813. The first-order valence-electron chi connectivity index (χ1n) is 6.13. The summed E-state index contributed by atoms with van der Waals surface area (Å²) in [5.41, 5.74) is 3.38. The van der Waals surface area contributed by atoms with Crippen LogP contribution < -0.4 is 0 Å². The van der Waals surface area contributed by atoms with Gasteiger partial charge < -0.3 is 5.11 Å². The standard InChI is InChI=1S/C14H24OSi/c1-6-13(16(3,4)5)14(2,15)12-10-8-7-9-11-12/h10,15H,1,7-9,11H2,2-5H3/t14-/m0/s1. The Balaban J connectivity index is 3.09. The first kappa shape index (κ1) is 13.5. The Bertz CT molecular complexity index is 338. The molecule has 1 rings (SSSR count). The SMILES string of the molecule is C=C=C([C@@](C)(O)C1=CCCCC1)[Si](C)(C)C. The molecular weight excluding hydrogens is 212 g/mol. The molecule has 0 heterocycles. The average Bonchev–Trinajstić information content (AvgIpc) is 2.17. The van der Waals surface area contributed by atoms with Crippen molar-refractivity contribution in [1.29, 1.82) is 0 Å². The minimum atomic E-state index is -1.55. The molecule has 0 aromatic rings. The van der Waals surface area contributed by atoms with Crippen LogP contribution in [0.25, 0.3) is 0 Å². The largest absolute Gasteiger partial charge is 0.381 e. The van der Waals surface area contributed by atoms with Crippen LogP contribution in [-0.2, 0) is 0 Å². The van der Waals surface area contributed by atoms with E-state index in [4.69, 9.17) is 0 Å². The number of aliphatic hydroxyl groups is 1. The van der Waals surface area contributed by atoms with Gasteiger partial charge in [0.05, 0.1) is 8.07 Å². The van der Waals surface area contributed by atoms with Crippen molar-refractivity contribution in [2.45, 2.75) is 57.8 Å². The zero-order chi connectivity index (χ0) is 12.4. The molecular formula is C14H24OSi. The van der Waals surface area contributed by atoms with Crippen molar-refractivity contribution in [2.24, 2.45) is 0 Å². The van der Waals surface area contributed by atoms with Crippen LogP contribution in [0.4, 0.5) is 0 Å². The number of hydrogen-bond donors (Lipinski definition) is 1. The van der Waals surface area contributed by atoms with Crippen LogP contribution in [0.2, 0.25) is 19.6 Å². The van der Waals surface area contributed by atoms with Crippen molar-refractivity contribution < 1.29 is 5.11 Å². The Labute approximate surface area is 101 Å². The average molecular weight is 236 g/mol. The number of hydrogen-bond acceptors (Lipinski definition) is 1. The van der Waals surface area contributed by atoms with Gasteiger partial charge in [0.25, 0.3) is 0 Å². The van der Waals surface area contributed by atoms with Gasteiger partial charge in [0.1, 0.15) is 5.60 Å². The summed E-state index contributed by atoms with van der Waals surface area (Å²) in [6.07, 6.45) is 6.77. The Morgan fingerprint density at radius 3 is 2.44 bits per heavy atom. The summed E-state index contributed by atoms with van der Waals surface area (Å²) in [5, 5.41) is 11.8. The molecule has 0 radical (unpaired) electrons. The summed E-state index contributed by atoms with van der Waals surface area (Å²) in [6, 6.07) is 0. The fourth-order valence-electron chi connectivity index (χ4n) is 2.61. The molecule has 0 saturated heterocycles. The summed E-state index contributed by atoms with van der Waals surface area (Å²) in [7, 11) is -1.55. The molecule has 0 aromatic carbocycles. The molecule has 0 spiro atoms. The number of rotatable bonds is 3. The van der Waals surface area contributed by atoms with Crippen LogP contribution in [0.3, 0.4) is 0 Å². The van der Waals surface area contributed by atoms with Gasteiger partial charge in [-0.3, -0.25) is 0 Å². The van der Waals surface area contributed by atoms with Crippen LogP contribution in [0.5, 0.6) is 0 Å². The predicted molar refractivity (Wildman–Crippen MR) is 73.2 cm³/mol. The smallest absolute Gasteiger partial charge is 0.107 e. The summed E-state index contributed by atoms with van der Waals surface area (Å²) in [6.45, 7) is 12.4. The maximum atomic E-state index is 10.8. The van der Waals surface area contributed by atoms with Gasteiger partial charge in [-0.15, -0.1) is 5.73 Å². The monoisotopic (exact) mass is 236 g/mol. The van der Waals surface area contributed by atoms with E-state index in [1.807, 2.05) is 6.92 Å². The van der Waals surface area contributed by atoms with E-state index in [1.165, 1.54) is 18.4 Å². The van der Waals surface area contributed by atoms with Crippen molar-refractivity contribution >= 4 is 8.07 Å². The Kier molecular flexibility index (Phi) is 4.00. The van der Waals surface area contributed by atoms with Crippen LogP contribution in [0, 0.1) is 0 Å². The molecule has 0 amide bonds. The minimum Gasteiger partial charge on any atom is -0.381 e. The fraction of sp³-hybridized carbons (Fsp3) is 0.643. The van der Waals surface area contributed by atoms with E-state index in [1.54, 1.807) is 0 Å². The predicted octanol–water partition coefficient (Wildman–Crippen LogP) is 3.83. The Morgan fingerprint density at radius 2 is 2.06 bits per heavy atom. The lowest BCUT2D eigenvalue weighted by Gasteiger charge is -2.36. The van der Waals surface area contributed by atoms with Crippen LogP contribution >= 0.6 is 0 Å². The van der Waals surface area contributed by atoms with Gasteiger partial charge in [0.2, 0.25) is 0 Å². The van der Waals surface area contributed by atoms with Crippen LogP contribution in [0.15, 0.2) is 29.2 Å². The highest BCUT2D eigenvalue weighted by atomic mass is 28.3. The van der Waals surface area contributed by atoms with Gasteiger partial charge in [-0.05, 0) is 43.4 Å². The fourth-order valence-corrected chi connectivity index (χ4v) is 4.76. The molecule has 2 heteroatoms. The third-order valence-corrected chi connectivity index (χ3v) is 5.49. The van der Waals surface area contributed by atoms with Crippen molar-refractivity contribution in [3.05, 3.63) is 29.2 Å². The molecule has 16 heavy (non-hydrogen) atoms. The summed E-state index contributed by atoms with van der Waals surface area (Å²) in [5.74, 6) is 0. The van der Waals surface area contributed by atoms with Gasteiger partial charge in [-0.2, -0.15) is 0 Å². The van der Waals surface area contributed by atoms with Crippen molar-refractivity contribution in [2.75, 3.05) is 0 Å². The van der Waals surface area contributed by atoms with Crippen LogP contribution in [0.1, 0.15) is 32.6 Å². The lowest BCUT2D eigenvalue weighted by molar-refractivity contribution is 0.138. The van der Waals surface area contributed by atoms with E-state index in [0.29, 0.717) is 0 Å². The van der Waals surface area contributed by atoms with Gasteiger partial charge >= 0.3 is 0 Å². The van der Waals surface area contributed by atoms with Gasteiger partial charge in [0.15, 0.2) is 0 Å². The second-order valence-electron chi connectivity index (χ2n) is 5.85. The molecule has 0 fully saturated rings. The first-order chi connectivity index (χ1) is 7.30. The first-order valence-corrected chi connectivity index (χ1v) is 9.63. The van der Waals surface area contributed by atoms with E-state index in [0.717, 1.165) is 18.0 Å². The van der Waals surface area contributed by atoms with Gasteiger partial charge in [-0.1, -0.05) is 32.3 Å². The molecule has 0 aromatic heterocycles. The van der Waals surface area contributed by atoms with Crippen LogP contribution in [-0.4, -0.2) is 18.8 Å². The molecule has 0 saturated carbocycles. The maximum Gasteiger partial charge on any atom is 0.107 e. The van der Waals surface area contributed by atoms with E-state index in [9.17, 15) is 5.11 Å². The van der Waals surface area contributed by atoms with Gasteiger partial charge in [0, 0.05) is 0 Å². The Hall–Kier alpha value is -0.563. The third-order valence-electron chi connectivity index (χ3n) is 3.33. The molecule has 0 aliphatic heterocycles. The lowest BCUT2D eigenvalue weighted by Crippen LogP contribution is -2.42. The number of allylic oxidation sites excluding steroid dienone is 1. The molecule has 0 bridgehead atoms. The van der Waals surface area contributed by atoms with E-state index >= 15 is 0 Å².